The van der Waals surface area contributed by atoms with Gasteiger partial charge in [-0.25, -0.2) is 4.39 Å². The van der Waals surface area contributed by atoms with Gasteiger partial charge in [-0.3, -0.25) is 0 Å². The lowest BCUT2D eigenvalue weighted by Gasteiger charge is -2.21. The van der Waals surface area contributed by atoms with E-state index in [0.29, 0.717) is 30.0 Å². The van der Waals surface area contributed by atoms with E-state index in [1.54, 1.807) is 0 Å². The van der Waals surface area contributed by atoms with Gasteiger partial charge in [0, 0.05) is 18.1 Å². The number of benzene rings is 1. The second-order valence-electron chi connectivity index (χ2n) is 3.91. The predicted molar refractivity (Wildman–Crippen MR) is 66.8 cm³/mol. The maximum Gasteiger partial charge on any atom is 0.123 e. The highest BCUT2D eigenvalue weighted by Gasteiger charge is 2.19. The molecule has 2 unspecified atom stereocenters. The first-order chi connectivity index (χ1) is 8.08. The molecule has 4 heteroatoms. The third kappa shape index (κ3) is 4.26. The van der Waals surface area contributed by atoms with Gasteiger partial charge in [-0.05, 0) is 37.1 Å². The summed E-state index contributed by atoms with van der Waals surface area (Å²) in [7, 11) is 0. The van der Waals surface area contributed by atoms with E-state index in [-0.39, 0.29) is 11.9 Å². The molecule has 0 spiro atoms. The lowest BCUT2D eigenvalue weighted by Crippen LogP contribution is -2.30. The first kappa shape index (κ1) is 14.4. The molecule has 0 radical (unpaired) electrons. The van der Waals surface area contributed by atoms with Crippen molar-refractivity contribution in [3.05, 3.63) is 34.6 Å². The van der Waals surface area contributed by atoms with Gasteiger partial charge in [-0.2, -0.15) is 0 Å². The molecule has 1 rings (SSSR count). The topological polar surface area (TPSA) is 29.5 Å². The van der Waals surface area contributed by atoms with Gasteiger partial charge in [0.2, 0.25) is 0 Å². The second-order valence-corrected chi connectivity index (χ2v) is 4.32. The Bertz CT molecular complexity index is 357. The Morgan fingerprint density at radius 2 is 2.12 bits per heavy atom. The van der Waals surface area contributed by atoms with Gasteiger partial charge >= 0.3 is 0 Å². The van der Waals surface area contributed by atoms with E-state index in [0.717, 1.165) is 0 Å². The third-order valence-electron chi connectivity index (χ3n) is 2.65. The molecule has 17 heavy (non-hydrogen) atoms. The fourth-order valence-corrected chi connectivity index (χ4v) is 1.97. The van der Waals surface area contributed by atoms with Crippen LogP contribution in [-0.2, 0) is 11.2 Å². The fourth-order valence-electron chi connectivity index (χ4n) is 1.77. The van der Waals surface area contributed by atoms with E-state index in [2.05, 4.69) is 0 Å². The molecule has 0 saturated heterocycles. The molecule has 0 aliphatic heterocycles. The van der Waals surface area contributed by atoms with Gasteiger partial charge < -0.3 is 9.84 Å². The molecular formula is C13H18ClFO2. The summed E-state index contributed by atoms with van der Waals surface area (Å²) in [5, 5.41) is 10.5. The first-order valence-electron chi connectivity index (χ1n) is 5.82. The van der Waals surface area contributed by atoms with Crippen LogP contribution in [-0.4, -0.2) is 23.9 Å². The van der Waals surface area contributed by atoms with E-state index >= 15 is 0 Å². The number of hydrogen-bond acceptors (Lipinski definition) is 2. The zero-order valence-electron chi connectivity index (χ0n) is 10.1. The Morgan fingerprint density at radius 3 is 2.71 bits per heavy atom. The van der Waals surface area contributed by atoms with Crippen LogP contribution in [0.2, 0.25) is 5.02 Å². The molecule has 0 bridgehead atoms. The molecule has 0 aromatic heterocycles. The third-order valence-corrected chi connectivity index (χ3v) is 3.02. The van der Waals surface area contributed by atoms with Gasteiger partial charge in [-0.1, -0.05) is 18.5 Å². The van der Waals surface area contributed by atoms with Crippen LogP contribution >= 0.6 is 11.6 Å². The molecule has 2 nitrogen and oxygen atoms in total. The Morgan fingerprint density at radius 1 is 1.41 bits per heavy atom. The monoisotopic (exact) mass is 260 g/mol. The highest BCUT2D eigenvalue weighted by molar-refractivity contribution is 6.31. The van der Waals surface area contributed by atoms with E-state index in [9.17, 15) is 9.50 Å². The van der Waals surface area contributed by atoms with Crippen LogP contribution in [0, 0.1) is 5.82 Å². The van der Waals surface area contributed by atoms with Crippen molar-refractivity contribution in [1.82, 2.24) is 0 Å². The van der Waals surface area contributed by atoms with Crippen LogP contribution in [0.1, 0.15) is 25.8 Å². The van der Waals surface area contributed by atoms with E-state index in [4.69, 9.17) is 16.3 Å². The number of aliphatic hydroxyl groups is 1. The van der Waals surface area contributed by atoms with Crippen molar-refractivity contribution in [3.63, 3.8) is 0 Å². The minimum absolute atomic E-state index is 0.237. The summed E-state index contributed by atoms with van der Waals surface area (Å²) >= 11 is 5.95. The van der Waals surface area contributed by atoms with Crippen LogP contribution in [0.15, 0.2) is 18.2 Å². The van der Waals surface area contributed by atoms with Gasteiger partial charge in [0.25, 0.3) is 0 Å². The van der Waals surface area contributed by atoms with E-state index in [1.807, 2.05) is 13.8 Å². The summed E-state index contributed by atoms with van der Waals surface area (Å²) in [6.07, 6.45) is 0.107. The molecule has 0 heterocycles. The zero-order chi connectivity index (χ0) is 12.8. The quantitative estimate of drug-likeness (QED) is 0.851. The van der Waals surface area contributed by atoms with Gasteiger partial charge in [0.05, 0.1) is 12.2 Å². The minimum atomic E-state index is -0.667. The maximum absolute atomic E-state index is 13.1. The minimum Gasteiger partial charge on any atom is -0.390 e. The van der Waals surface area contributed by atoms with Crippen molar-refractivity contribution in [2.75, 3.05) is 6.61 Å². The molecular weight excluding hydrogens is 243 g/mol. The summed E-state index contributed by atoms with van der Waals surface area (Å²) < 4.78 is 18.5. The molecule has 96 valence electrons. The smallest absolute Gasteiger partial charge is 0.123 e. The summed E-state index contributed by atoms with van der Waals surface area (Å²) in [4.78, 5) is 0. The second kappa shape index (κ2) is 6.94. The van der Waals surface area contributed by atoms with Crippen molar-refractivity contribution >= 4 is 11.6 Å². The van der Waals surface area contributed by atoms with Crippen LogP contribution < -0.4 is 0 Å². The largest absolute Gasteiger partial charge is 0.390 e. The molecule has 0 aliphatic rings. The van der Waals surface area contributed by atoms with Gasteiger partial charge in [0.1, 0.15) is 5.82 Å². The van der Waals surface area contributed by atoms with Gasteiger partial charge in [-0.15, -0.1) is 0 Å². The molecule has 1 N–H and O–H groups in total. The normalized spacial score (nSPS) is 14.6. The molecule has 2 atom stereocenters. The summed E-state index contributed by atoms with van der Waals surface area (Å²) in [6, 6.07) is 4.16. The molecule has 0 amide bonds. The van der Waals surface area contributed by atoms with Crippen molar-refractivity contribution in [1.29, 1.82) is 0 Å². The van der Waals surface area contributed by atoms with Crippen molar-refractivity contribution in [2.24, 2.45) is 0 Å². The zero-order valence-corrected chi connectivity index (χ0v) is 10.9. The molecule has 1 aromatic carbocycles. The van der Waals surface area contributed by atoms with Crippen molar-refractivity contribution in [3.8, 4) is 0 Å². The number of rotatable bonds is 6. The molecule has 0 fully saturated rings. The van der Waals surface area contributed by atoms with Crippen LogP contribution in [0.25, 0.3) is 0 Å². The van der Waals surface area contributed by atoms with Crippen LogP contribution in [0.3, 0.4) is 0 Å². The fraction of sp³-hybridized carbons (Fsp3) is 0.538. The average Bonchev–Trinajstić information content (AvgIpc) is 2.30. The SMILES string of the molecule is CCOC(CC)C(O)Cc1cc(F)ccc1Cl. The summed E-state index contributed by atoms with van der Waals surface area (Å²) in [5.41, 5.74) is 0.609. The maximum atomic E-state index is 13.1. The summed E-state index contributed by atoms with van der Waals surface area (Å²) in [5.74, 6) is -0.346. The Kier molecular flexibility index (Phi) is 5.89. The highest BCUT2D eigenvalue weighted by Crippen LogP contribution is 2.20. The van der Waals surface area contributed by atoms with Crippen molar-refractivity contribution in [2.45, 2.75) is 38.9 Å². The average molecular weight is 261 g/mol. The highest BCUT2D eigenvalue weighted by atomic mass is 35.5. The number of aliphatic hydroxyl groups excluding tert-OH is 1. The Hall–Kier alpha value is -0.640. The molecule has 1 aromatic rings. The van der Waals surface area contributed by atoms with Gasteiger partial charge in [0.15, 0.2) is 0 Å². The predicted octanol–water partition coefficient (Wildman–Crippen LogP) is 3.20. The Labute approximate surface area is 106 Å². The standard InChI is InChI=1S/C13H18ClFO2/c1-3-13(17-4-2)12(16)8-9-7-10(15)5-6-11(9)14/h5-7,12-13,16H,3-4,8H2,1-2H3. The van der Waals surface area contributed by atoms with Crippen molar-refractivity contribution < 1.29 is 14.2 Å². The van der Waals surface area contributed by atoms with E-state index < -0.39 is 6.10 Å². The van der Waals surface area contributed by atoms with Crippen LogP contribution in [0.4, 0.5) is 4.39 Å². The lowest BCUT2D eigenvalue weighted by molar-refractivity contribution is -0.0334. The number of halogens is 2. The number of ether oxygens (including phenoxy) is 1. The molecule has 0 saturated carbocycles. The lowest BCUT2D eigenvalue weighted by atomic mass is 10.0. The summed E-state index contributed by atoms with van der Waals surface area (Å²) in [6.45, 7) is 4.37. The Balaban J connectivity index is 2.72. The first-order valence-corrected chi connectivity index (χ1v) is 6.19. The number of hydrogen-bond donors (Lipinski definition) is 1. The molecule has 0 aliphatic carbocycles. The van der Waals surface area contributed by atoms with Crippen LogP contribution in [0.5, 0.6) is 0 Å². The van der Waals surface area contributed by atoms with E-state index in [1.165, 1.54) is 18.2 Å².